The van der Waals surface area contributed by atoms with Gasteiger partial charge in [0, 0.05) is 45.7 Å². The van der Waals surface area contributed by atoms with Gasteiger partial charge in [0.15, 0.2) is 0 Å². The van der Waals surface area contributed by atoms with Gasteiger partial charge in [0.05, 0.1) is 6.61 Å². The van der Waals surface area contributed by atoms with Crippen molar-refractivity contribution in [1.82, 2.24) is 14.5 Å². The Kier molecular flexibility index (Phi) is 4.58. The Balaban J connectivity index is 2.32. The average Bonchev–Trinajstić information content (AvgIpc) is 2.50. The fraction of sp³-hybridized carbons (Fsp3) is 0.700. The van der Waals surface area contributed by atoms with E-state index in [1.165, 1.54) is 0 Å². The first kappa shape index (κ1) is 12.0. The van der Waals surface area contributed by atoms with Gasteiger partial charge in [-0.3, -0.25) is 4.57 Å². The van der Waals surface area contributed by atoms with Crippen molar-refractivity contribution in [2.75, 3.05) is 20.3 Å². The summed E-state index contributed by atoms with van der Waals surface area (Å²) in [5, 5.41) is 3.27. The maximum Gasteiger partial charge on any atom is 0.327 e. The van der Waals surface area contributed by atoms with Gasteiger partial charge >= 0.3 is 5.69 Å². The van der Waals surface area contributed by atoms with E-state index in [0.29, 0.717) is 19.2 Å². The van der Waals surface area contributed by atoms with Crippen LogP contribution in [0.1, 0.15) is 6.92 Å². The Hall–Kier alpha value is -1.07. The van der Waals surface area contributed by atoms with Crippen molar-refractivity contribution in [2.24, 2.45) is 7.05 Å². The third-order valence-electron chi connectivity index (χ3n) is 2.28. The van der Waals surface area contributed by atoms with Gasteiger partial charge in [0.25, 0.3) is 0 Å². The molecule has 5 heteroatoms. The zero-order chi connectivity index (χ0) is 11.3. The molecule has 1 aromatic heterocycles. The van der Waals surface area contributed by atoms with Crippen LogP contribution in [0.2, 0.25) is 0 Å². The lowest BCUT2D eigenvalue weighted by Gasteiger charge is -2.12. The van der Waals surface area contributed by atoms with Crippen LogP contribution in [0.25, 0.3) is 0 Å². The van der Waals surface area contributed by atoms with Crippen molar-refractivity contribution >= 4 is 0 Å². The molecule has 15 heavy (non-hydrogen) atoms. The van der Waals surface area contributed by atoms with Crippen molar-refractivity contribution in [3.63, 3.8) is 0 Å². The molecular formula is C10H19N3O2. The summed E-state index contributed by atoms with van der Waals surface area (Å²) in [6.07, 6.45) is 3.56. The number of nitrogens with one attached hydrogen (secondary N) is 1. The molecule has 1 aromatic rings. The molecule has 86 valence electrons. The second kappa shape index (κ2) is 5.72. The quantitative estimate of drug-likeness (QED) is 0.712. The minimum atomic E-state index is 0.0243. The maximum atomic E-state index is 11.4. The van der Waals surface area contributed by atoms with Crippen molar-refractivity contribution in [3.8, 4) is 0 Å². The fourth-order valence-corrected chi connectivity index (χ4v) is 1.42. The van der Waals surface area contributed by atoms with Gasteiger partial charge in [0.2, 0.25) is 0 Å². The van der Waals surface area contributed by atoms with E-state index in [4.69, 9.17) is 4.74 Å². The molecule has 0 saturated heterocycles. The zero-order valence-corrected chi connectivity index (χ0v) is 9.56. The molecule has 1 heterocycles. The fourth-order valence-electron chi connectivity index (χ4n) is 1.42. The minimum absolute atomic E-state index is 0.0243. The van der Waals surface area contributed by atoms with Crippen LogP contribution in [0, 0.1) is 0 Å². The van der Waals surface area contributed by atoms with Gasteiger partial charge < -0.3 is 14.6 Å². The summed E-state index contributed by atoms with van der Waals surface area (Å²) >= 11 is 0. The molecule has 0 amide bonds. The third kappa shape index (κ3) is 3.53. The van der Waals surface area contributed by atoms with E-state index < -0.39 is 0 Å². The van der Waals surface area contributed by atoms with Crippen molar-refractivity contribution in [2.45, 2.75) is 19.5 Å². The first-order chi connectivity index (χ1) is 7.15. The van der Waals surface area contributed by atoms with Crippen molar-refractivity contribution in [1.29, 1.82) is 0 Å². The summed E-state index contributed by atoms with van der Waals surface area (Å²) in [7, 11) is 3.43. The van der Waals surface area contributed by atoms with Crippen molar-refractivity contribution in [3.05, 3.63) is 22.9 Å². The van der Waals surface area contributed by atoms with Crippen LogP contribution in [-0.4, -0.2) is 35.4 Å². The van der Waals surface area contributed by atoms with Gasteiger partial charge in [-0.2, -0.15) is 0 Å². The van der Waals surface area contributed by atoms with Crippen LogP contribution in [0.4, 0.5) is 0 Å². The molecular weight excluding hydrogens is 194 g/mol. The summed E-state index contributed by atoms with van der Waals surface area (Å²) < 4.78 is 8.25. The number of ether oxygens (including phenoxy) is 1. The van der Waals surface area contributed by atoms with Crippen LogP contribution in [0.3, 0.4) is 0 Å². The monoisotopic (exact) mass is 213 g/mol. The van der Waals surface area contributed by atoms with E-state index >= 15 is 0 Å². The number of hydrogen-bond donors (Lipinski definition) is 1. The SMILES string of the molecule is COCC(C)NCCn1ccn(C)c1=O. The average molecular weight is 213 g/mol. The molecule has 1 atom stereocenters. The van der Waals surface area contributed by atoms with Gasteiger partial charge in [-0.25, -0.2) is 4.79 Å². The Labute approximate surface area is 89.7 Å². The molecule has 1 rings (SSSR count). The molecule has 1 N–H and O–H groups in total. The molecule has 0 radical (unpaired) electrons. The summed E-state index contributed by atoms with van der Waals surface area (Å²) in [6.45, 7) is 4.20. The number of methoxy groups -OCH3 is 1. The molecule has 0 bridgehead atoms. The molecule has 0 fully saturated rings. The highest BCUT2D eigenvalue weighted by atomic mass is 16.5. The minimum Gasteiger partial charge on any atom is -0.383 e. The van der Waals surface area contributed by atoms with E-state index in [1.807, 2.05) is 0 Å². The number of rotatable bonds is 6. The molecule has 5 nitrogen and oxygen atoms in total. The number of aryl methyl sites for hydroxylation is 1. The van der Waals surface area contributed by atoms with Gasteiger partial charge in [0.1, 0.15) is 0 Å². The Morgan fingerprint density at radius 3 is 2.80 bits per heavy atom. The van der Waals surface area contributed by atoms with Crippen LogP contribution >= 0.6 is 0 Å². The standard InChI is InChI=1S/C10H19N3O2/c1-9(8-15-3)11-4-5-13-7-6-12(2)10(13)14/h6-7,9,11H,4-5,8H2,1-3H3. The largest absolute Gasteiger partial charge is 0.383 e. The number of aromatic nitrogens is 2. The van der Waals surface area contributed by atoms with Crippen LogP contribution < -0.4 is 11.0 Å². The second-order valence-corrected chi connectivity index (χ2v) is 3.70. The summed E-state index contributed by atoms with van der Waals surface area (Å²) in [5.74, 6) is 0. The molecule has 0 aliphatic rings. The summed E-state index contributed by atoms with van der Waals surface area (Å²) in [6, 6.07) is 0.314. The zero-order valence-electron chi connectivity index (χ0n) is 9.56. The number of imidazole rings is 1. The smallest absolute Gasteiger partial charge is 0.327 e. The topological polar surface area (TPSA) is 48.2 Å². The van der Waals surface area contributed by atoms with E-state index in [1.54, 1.807) is 35.7 Å². The molecule has 0 spiro atoms. The van der Waals surface area contributed by atoms with E-state index in [9.17, 15) is 4.79 Å². The predicted octanol–water partition coefficient (Wildman–Crippen LogP) is -0.189. The number of hydrogen-bond acceptors (Lipinski definition) is 3. The molecule has 1 unspecified atom stereocenters. The highest BCUT2D eigenvalue weighted by molar-refractivity contribution is 4.79. The van der Waals surface area contributed by atoms with Gasteiger partial charge in [-0.1, -0.05) is 0 Å². The maximum absolute atomic E-state index is 11.4. The lowest BCUT2D eigenvalue weighted by molar-refractivity contribution is 0.172. The first-order valence-corrected chi connectivity index (χ1v) is 5.09. The molecule has 0 saturated carbocycles. The summed E-state index contributed by atoms with van der Waals surface area (Å²) in [4.78, 5) is 11.4. The second-order valence-electron chi connectivity index (χ2n) is 3.70. The van der Waals surface area contributed by atoms with Gasteiger partial charge in [-0.15, -0.1) is 0 Å². The van der Waals surface area contributed by atoms with Crippen LogP contribution in [-0.2, 0) is 18.3 Å². The van der Waals surface area contributed by atoms with Crippen molar-refractivity contribution < 1.29 is 4.74 Å². The lowest BCUT2D eigenvalue weighted by atomic mass is 10.3. The number of nitrogens with zero attached hydrogens (tertiary/aromatic N) is 2. The molecule has 0 aromatic carbocycles. The summed E-state index contributed by atoms with van der Waals surface area (Å²) in [5.41, 5.74) is 0.0243. The van der Waals surface area contributed by atoms with Gasteiger partial charge in [-0.05, 0) is 6.92 Å². The Bertz CT molecular complexity index is 343. The van der Waals surface area contributed by atoms with E-state index in [-0.39, 0.29) is 5.69 Å². The predicted molar refractivity (Wildman–Crippen MR) is 59.0 cm³/mol. The van der Waals surface area contributed by atoms with Crippen LogP contribution in [0.15, 0.2) is 17.2 Å². The molecule has 0 aliphatic heterocycles. The van der Waals surface area contributed by atoms with Crippen LogP contribution in [0.5, 0.6) is 0 Å². The molecule has 0 aliphatic carbocycles. The van der Waals surface area contributed by atoms with E-state index in [2.05, 4.69) is 12.2 Å². The Morgan fingerprint density at radius 2 is 2.27 bits per heavy atom. The normalized spacial score (nSPS) is 13.0. The van der Waals surface area contributed by atoms with E-state index in [0.717, 1.165) is 6.54 Å². The highest BCUT2D eigenvalue weighted by Crippen LogP contribution is 1.84. The third-order valence-corrected chi connectivity index (χ3v) is 2.28. The Morgan fingerprint density at radius 1 is 1.53 bits per heavy atom. The lowest BCUT2D eigenvalue weighted by Crippen LogP contribution is -2.34. The first-order valence-electron chi connectivity index (χ1n) is 5.09. The highest BCUT2D eigenvalue weighted by Gasteiger charge is 2.01.